The molecule has 1 aliphatic rings. The molecule has 4 heteroatoms. The van der Waals surface area contributed by atoms with Crippen molar-refractivity contribution in [2.24, 2.45) is 22.6 Å². The third-order valence-corrected chi connectivity index (χ3v) is 5.92. The van der Waals surface area contributed by atoms with E-state index < -0.39 is 0 Å². The van der Waals surface area contributed by atoms with Crippen LogP contribution in [-0.2, 0) is 6.42 Å². The Kier molecular flexibility index (Phi) is 4.20. The molecule has 0 aliphatic heterocycles. The smallest absolute Gasteiger partial charge is 0.122 e. The third-order valence-electron chi connectivity index (χ3n) is 5.43. The average Bonchev–Trinajstić information content (AvgIpc) is 2.77. The van der Waals surface area contributed by atoms with Crippen LogP contribution in [0.5, 0.6) is 5.75 Å². The molecule has 1 unspecified atom stereocenters. The van der Waals surface area contributed by atoms with Gasteiger partial charge in [-0.2, -0.15) is 0 Å². The summed E-state index contributed by atoms with van der Waals surface area (Å²) < 4.78 is 6.53. The summed E-state index contributed by atoms with van der Waals surface area (Å²) in [7, 11) is 1.71. The molecular weight excluding hydrogens is 316 g/mol. The average molecular weight is 341 g/mol. The quantitative estimate of drug-likeness (QED) is 0.636. The molecule has 0 bridgehead atoms. The van der Waals surface area contributed by atoms with Crippen molar-refractivity contribution < 1.29 is 4.74 Å². The molecule has 0 amide bonds. The van der Waals surface area contributed by atoms with Gasteiger partial charge in [-0.15, -0.1) is 0 Å². The van der Waals surface area contributed by atoms with Gasteiger partial charge >= 0.3 is 0 Å². The van der Waals surface area contributed by atoms with E-state index >= 15 is 0 Å². The van der Waals surface area contributed by atoms with E-state index in [1.165, 1.54) is 5.56 Å². The van der Waals surface area contributed by atoms with Crippen molar-refractivity contribution >= 4 is 15.9 Å². The van der Waals surface area contributed by atoms with Crippen molar-refractivity contribution in [3.63, 3.8) is 0 Å². The van der Waals surface area contributed by atoms with Crippen LogP contribution in [0.4, 0.5) is 0 Å². The number of nitrogens with one attached hydrogen (secondary N) is 1. The standard InChI is InChI=1S/C16H25BrN2O/c1-15(2)14(16(15,3)4)12(19-18)9-10-8-11(17)6-7-13(10)20-5/h6-8,12,14,19H,9,18H2,1-5H3. The predicted molar refractivity (Wildman–Crippen MR) is 86.6 cm³/mol. The highest BCUT2D eigenvalue weighted by Gasteiger charge is 2.66. The third kappa shape index (κ3) is 2.49. The van der Waals surface area contributed by atoms with Gasteiger partial charge in [0.2, 0.25) is 0 Å². The molecule has 0 aromatic heterocycles. The fourth-order valence-corrected chi connectivity index (χ4v) is 4.08. The van der Waals surface area contributed by atoms with Crippen molar-refractivity contribution in [1.82, 2.24) is 5.43 Å². The summed E-state index contributed by atoms with van der Waals surface area (Å²) in [6.07, 6.45) is 0.872. The molecular formula is C16H25BrN2O. The van der Waals surface area contributed by atoms with Crippen LogP contribution in [0.3, 0.4) is 0 Å². The van der Waals surface area contributed by atoms with E-state index in [4.69, 9.17) is 10.6 Å². The van der Waals surface area contributed by atoms with Gasteiger partial charge in [-0.05, 0) is 46.9 Å². The molecule has 1 aliphatic carbocycles. The van der Waals surface area contributed by atoms with Crippen LogP contribution in [-0.4, -0.2) is 13.2 Å². The van der Waals surface area contributed by atoms with E-state index in [9.17, 15) is 0 Å². The molecule has 0 heterocycles. The van der Waals surface area contributed by atoms with Crippen molar-refractivity contribution in [1.29, 1.82) is 0 Å². The molecule has 1 atom stereocenters. The number of halogens is 1. The lowest BCUT2D eigenvalue weighted by atomic mass is 9.97. The minimum absolute atomic E-state index is 0.253. The SMILES string of the molecule is COc1ccc(Br)cc1CC(NN)C1C(C)(C)C1(C)C. The number of hydrogen-bond donors (Lipinski definition) is 2. The number of methoxy groups -OCH3 is 1. The van der Waals surface area contributed by atoms with Gasteiger partial charge in [0.05, 0.1) is 7.11 Å². The number of nitrogens with two attached hydrogens (primary N) is 1. The normalized spacial score (nSPS) is 21.6. The van der Waals surface area contributed by atoms with E-state index in [2.05, 4.69) is 55.1 Å². The van der Waals surface area contributed by atoms with Gasteiger partial charge in [0.15, 0.2) is 0 Å². The van der Waals surface area contributed by atoms with E-state index in [1.54, 1.807) is 7.11 Å². The summed E-state index contributed by atoms with van der Waals surface area (Å²) >= 11 is 3.53. The number of hydrogen-bond acceptors (Lipinski definition) is 3. The minimum atomic E-state index is 0.253. The van der Waals surface area contributed by atoms with Gasteiger partial charge in [0.25, 0.3) is 0 Å². The van der Waals surface area contributed by atoms with Crippen LogP contribution < -0.4 is 16.0 Å². The van der Waals surface area contributed by atoms with Crippen LogP contribution >= 0.6 is 15.9 Å². The first-order chi connectivity index (χ1) is 9.25. The second-order valence-corrected chi connectivity index (χ2v) is 7.77. The molecule has 1 fully saturated rings. The highest BCUT2D eigenvalue weighted by molar-refractivity contribution is 9.10. The summed E-state index contributed by atoms with van der Waals surface area (Å²) in [5, 5.41) is 0. The van der Waals surface area contributed by atoms with Crippen LogP contribution in [0.25, 0.3) is 0 Å². The van der Waals surface area contributed by atoms with Gasteiger partial charge in [-0.1, -0.05) is 43.6 Å². The maximum Gasteiger partial charge on any atom is 0.122 e. The van der Waals surface area contributed by atoms with Crippen molar-refractivity contribution in [2.45, 2.75) is 40.2 Å². The molecule has 0 spiro atoms. The maximum absolute atomic E-state index is 5.83. The zero-order chi connectivity index (χ0) is 15.1. The largest absolute Gasteiger partial charge is 0.496 e. The van der Waals surface area contributed by atoms with Gasteiger partial charge in [-0.3, -0.25) is 11.3 Å². The fourth-order valence-electron chi connectivity index (χ4n) is 3.67. The molecule has 0 radical (unpaired) electrons. The molecule has 3 nitrogen and oxygen atoms in total. The summed E-state index contributed by atoms with van der Waals surface area (Å²) in [4.78, 5) is 0. The Bertz CT molecular complexity index is 485. The van der Waals surface area contributed by atoms with Crippen LogP contribution in [0.15, 0.2) is 22.7 Å². The lowest BCUT2D eigenvalue weighted by Crippen LogP contribution is -2.40. The number of hydrazine groups is 1. The monoisotopic (exact) mass is 340 g/mol. The summed E-state index contributed by atoms with van der Waals surface area (Å²) in [5.41, 5.74) is 4.82. The summed E-state index contributed by atoms with van der Waals surface area (Å²) in [5.74, 6) is 7.31. The fraction of sp³-hybridized carbons (Fsp3) is 0.625. The number of rotatable bonds is 5. The molecule has 112 valence electrons. The van der Waals surface area contributed by atoms with Gasteiger partial charge < -0.3 is 4.74 Å². The molecule has 1 saturated carbocycles. The molecule has 3 N–H and O–H groups in total. The highest BCUT2D eigenvalue weighted by atomic mass is 79.9. The van der Waals surface area contributed by atoms with Crippen molar-refractivity contribution in [3.05, 3.63) is 28.2 Å². The number of benzene rings is 1. The minimum Gasteiger partial charge on any atom is -0.496 e. The van der Waals surface area contributed by atoms with Gasteiger partial charge in [0, 0.05) is 10.5 Å². The molecule has 1 aromatic carbocycles. The molecule has 0 saturated heterocycles. The molecule has 2 rings (SSSR count). The second kappa shape index (κ2) is 5.32. The van der Waals surface area contributed by atoms with E-state index in [-0.39, 0.29) is 6.04 Å². The zero-order valence-corrected chi connectivity index (χ0v) is 14.5. The van der Waals surface area contributed by atoms with E-state index in [0.717, 1.165) is 16.6 Å². The number of ether oxygens (including phenoxy) is 1. The second-order valence-electron chi connectivity index (χ2n) is 6.85. The first-order valence-electron chi connectivity index (χ1n) is 7.04. The van der Waals surface area contributed by atoms with Gasteiger partial charge in [-0.25, -0.2) is 0 Å². The van der Waals surface area contributed by atoms with Crippen LogP contribution in [0.1, 0.15) is 33.3 Å². The Hall–Kier alpha value is -0.580. The summed E-state index contributed by atoms with van der Waals surface area (Å²) in [6, 6.07) is 6.36. The van der Waals surface area contributed by atoms with Crippen LogP contribution in [0.2, 0.25) is 0 Å². The first-order valence-corrected chi connectivity index (χ1v) is 7.83. The summed E-state index contributed by atoms with van der Waals surface area (Å²) in [6.45, 7) is 9.28. The van der Waals surface area contributed by atoms with Crippen LogP contribution in [0, 0.1) is 16.7 Å². The van der Waals surface area contributed by atoms with E-state index in [1.807, 2.05) is 12.1 Å². The highest BCUT2D eigenvalue weighted by Crippen LogP contribution is 2.69. The van der Waals surface area contributed by atoms with Crippen molar-refractivity contribution in [2.75, 3.05) is 7.11 Å². The Morgan fingerprint density at radius 3 is 2.35 bits per heavy atom. The van der Waals surface area contributed by atoms with E-state index in [0.29, 0.717) is 16.7 Å². The Morgan fingerprint density at radius 1 is 1.30 bits per heavy atom. The van der Waals surface area contributed by atoms with Crippen molar-refractivity contribution in [3.8, 4) is 5.75 Å². The predicted octanol–water partition coefficient (Wildman–Crippen LogP) is 3.51. The lowest BCUT2D eigenvalue weighted by Gasteiger charge is -2.20. The Morgan fingerprint density at radius 2 is 1.90 bits per heavy atom. The Balaban J connectivity index is 2.22. The Labute approximate surface area is 130 Å². The lowest BCUT2D eigenvalue weighted by molar-refractivity contribution is 0.381. The zero-order valence-electron chi connectivity index (χ0n) is 13.0. The first kappa shape index (κ1) is 15.8. The topological polar surface area (TPSA) is 47.3 Å². The molecule has 20 heavy (non-hydrogen) atoms. The maximum atomic E-state index is 5.83. The molecule has 1 aromatic rings. The van der Waals surface area contributed by atoms with Gasteiger partial charge in [0.1, 0.15) is 5.75 Å².